The Labute approximate surface area is 117 Å². The van der Waals surface area contributed by atoms with E-state index in [0.29, 0.717) is 37.4 Å². The van der Waals surface area contributed by atoms with E-state index in [1.54, 1.807) is 23.1 Å². The lowest BCUT2D eigenvalue weighted by atomic mass is 10.1. The third-order valence-electron chi connectivity index (χ3n) is 3.25. The summed E-state index contributed by atoms with van der Waals surface area (Å²) in [7, 11) is 1.85. The van der Waals surface area contributed by atoms with Gasteiger partial charge in [0.25, 0.3) is 5.91 Å². The van der Waals surface area contributed by atoms with Crippen LogP contribution in [0.4, 0.5) is 0 Å². The predicted molar refractivity (Wildman–Crippen MR) is 74.5 cm³/mol. The molecule has 1 aliphatic rings. The normalized spacial score (nSPS) is 18.9. The number of primary amides is 1. The van der Waals surface area contributed by atoms with E-state index in [4.69, 9.17) is 10.5 Å². The summed E-state index contributed by atoms with van der Waals surface area (Å²) in [5, 5.41) is 3.04. The molecule has 0 aliphatic carbocycles. The van der Waals surface area contributed by atoms with Crippen LogP contribution in [0.2, 0.25) is 0 Å². The molecule has 1 heterocycles. The van der Waals surface area contributed by atoms with E-state index in [1.807, 2.05) is 7.05 Å². The SMILES string of the molecule is CNCC1CN(C(=O)c2cccc(C(N)=O)c2)CCO1. The molecule has 20 heavy (non-hydrogen) atoms. The molecule has 2 rings (SSSR count). The quantitative estimate of drug-likeness (QED) is 0.801. The predicted octanol–water partition coefficient (Wildman–Crippen LogP) is -0.154. The van der Waals surface area contributed by atoms with Crippen molar-refractivity contribution in [3.8, 4) is 0 Å². The van der Waals surface area contributed by atoms with E-state index in [1.165, 1.54) is 6.07 Å². The Morgan fingerprint density at radius 1 is 1.45 bits per heavy atom. The molecule has 1 atom stereocenters. The summed E-state index contributed by atoms with van der Waals surface area (Å²) >= 11 is 0. The van der Waals surface area contributed by atoms with Gasteiger partial charge in [-0.05, 0) is 25.2 Å². The second-order valence-electron chi connectivity index (χ2n) is 4.75. The minimum atomic E-state index is -0.533. The van der Waals surface area contributed by atoms with Gasteiger partial charge in [0.1, 0.15) is 0 Å². The molecule has 0 spiro atoms. The lowest BCUT2D eigenvalue weighted by molar-refractivity contribution is -0.0196. The average Bonchev–Trinajstić information content (AvgIpc) is 2.47. The number of morpholine rings is 1. The number of benzene rings is 1. The molecule has 0 radical (unpaired) electrons. The van der Waals surface area contributed by atoms with Crippen LogP contribution in [0.1, 0.15) is 20.7 Å². The summed E-state index contributed by atoms with van der Waals surface area (Å²) in [6, 6.07) is 6.49. The van der Waals surface area contributed by atoms with E-state index in [9.17, 15) is 9.59 Å². The third kappa shape index (κ3) is 3.34. The standard InChI is InChI=1S/C14H19N3O3/c1-16-8-12-9-17(5-6-20-12)14(19)11-4-2-3-10(7-11)13(15)18/h2-4,7,12,16H,5-6,8-9H2,1H3,(H2,15,18). The van der Waals surface area contributed by atoms with Gasteiger partial charge in [-0.2, -0.15) is 0 Å². The van der Waals surface area contributed by atoms with E-state index in [0.717, 1.165) is 0 Å². The van der Waals surface area contributed by atoms with Crippen molar-refractivity contribution in [2.75, 3.05) is 33.3 Å². The number of ether oxygens (including phenoxy) is 1. The maximum absolute atomic E-state index is 12.4. The molecule has 6 nitrogen and oxygen atoms in total. The van der Waals surface area contributed by atoms with Gasteiger partial charge in [0, 0.05) is 30.8 Å². The Bertz CT molecular complexity index is 502. The van der Waals surface area contributed by atoms with Crippen molar-refractivity contribution in [2.24, 2.45) is 5.73 Å². The van der Waals surface area contributed by atoms with Crippen molar-refractivity contribution in [1.82, 2.24) is 10.2 Å². The minimum absolute atomic E-state index is 0.00276. The van der Waals surface area contributed by atoms with Crippen LogP contribution < -0.4 is 11.1 Å². The van der Waals surface area contributed by atoms with Crippen LogP contribution in [0.3, 0.4) is 0 Å². The fourth-order valence-electron chi connectivity index (χ4n) is 2.24. The van der Waals surface area contributed by atoms with Crippen LogP contribution in [-0.2, 0) is 4.74 Å². The van der Waals surface area contributed by atoms with Crippen molar-refractivity contribution in [3.05, 3.63) is 35.4 Å². The molecule has 1 aromatic carbocycles. The molecule has 6 heteroatoms. The topological polar surface area (TPSA) is 84.7 Å². The van der Waals surface area contributed by atoms with E-state index < -0.39 is 5.91 Å². The first-order valence-electron chi connectivity index (χ1n) is 6.57. The van der Waals surface area contributed by atoms with Crippen molar-refractivity contribution >= 4 is 11.8 Å². The van der Waals surface area contributed by atoms with E-state index in [2.05, 4.69) is 5.32 Å². The van der Waals surface area contributed by atoms with Gasteiger partial charge >= 0.3 is 0 Å². The van der Waals surface area contributed by atoms with Crippen molar-refractivity contribution in [1.29, 1.82) is 0 Å². The van der Waals surface area contributed by atoms with E-state index in [-0.39, 0.29) is 12.0 Å². The van der Waals surface area contributed by atoms with Crippen molar-refractivity contribution < 1.29 is 14.3 Å². The van der Waals surface area contributed by atoms with Crippen molar-refractivity contribution in [3.63, 3.8) is 0 Å². The fraction of sp³-hybridized carbons (Fsp3) is 0.429. The highest BCUT2D eigenvalue weighted by Crippen LogP contribution is 2.12. The van der Waals surface area contributed by atoms with E-state index >= 15 is 0 Å². The number of rotatable bonds is 4. The fourth-order valence-corrected chi connectivity index (χ4v) is 2.24. The molecule has 1 unspecified atom stereocenters. The monoisotopic (exact) mass is 277 g/mol. The zero-order valence-corrected chi connectivity index (χ0v) is 11.5. The summed E-state index contributed by atoms with van der Waals surface area (Å²) in [6.07, 6.45) is -0.00276. The van der Waals surface area contributed by atoms with Crippen LogP contribution >= 0.6 is 0 Å². The Balaban J connectivity index is 2.10. The molecule has 2 amide bonds. The van der Waals surface area contributed by atoms with Gasteiger partial charge in [-0.25, -0.2) is 0 Å². The molecule has 3 N–H and O–H groups in total. The number of carbonyl (C=O) groups excluding carboxylic acids is 2. The van der Waals surface area contributed by atoms with Gasteiger partial charge < -0.3 is 20.7 Å². The molecular formula is C14H19N3O3. The second kappa shape index (κ2) is 6.49. The summed E-state index contributed by atoms with van der Waals surface area (Å²) < 4.78 is 5.57. The molecule has 1 saturated heterocycles. The zero-order valence-electron chi connectivity index (χ0n) is 11.5. The largest absolute Gasteiger partial charge is 0.373 e. The zero-order chi connectivity index (χ0) is 14.5. The van der Waals surface area contributed by atoms with Crippen LogP contribution in [0, 0.1) is 0 Å². The number of nitrogens with one attached hydrogen (secondary N) is 1. The summed E-state index contributed by atoms with van der Waals surface area (Å²) in [6.45, 7) is 2.32. The second-order valence-corrected chi connectivity index (χ2v) is 4.75. The number of nitrogens with zero attached hydrogens (tertiary/aromatic N) is 1. The molecule has 1 aromatic rings. The average molecular weight is 277 g/mol. The Kier molecular flexibility index (Phi) is 4.70. The van der Waals surface area contributed by atoms with Gasteiger partial charge in [-0.1, -0.05) is 6.07 Å². The highest BCUT2D eigenvalue weighted by Gasteiger charge is 2.24. The number of amides is 2. The number of hydrogen-bond acceptors (Lipinski definition) is 4. The Morgan fingerprint density at radius 3 is 2.90 bits per heavy atom. The van der Waals surface area contributed by atoms with Crippen molar-refractivity contribution in [2.45, 2.75) is 6.10 Å². The van der Waals surface area contributed by atoms with Gasteiger partial charge in [-0.15, -0.1) is 0 Å². The van der Waals surface area contributed by atoms with Crippen LogP contribution in [0.15, 0.2) is 24.3 Å². The number of likely N-dealkylation sites (N-methyl/N-ethyl adjacent to an activating group) is 1. The molecule has 108 valence electrons. The summed E-state index contributed by atoms with van der Waals surface area (Å²) in [4.78, 5) is 25.3. The molecular weight excluding hydrogens is 258 g/mol. The number of hydrogen-bond donors (Lipinski definition) is 2. The lowest BCUT2D eigenvalue weighted by Crippen LogP contribution is -2.48. The lowest BCUT2D eigenvalue weighted by Gasteiger charge is -2.33. The summed E-state index contributed by atoms with van der Waals surface area (Å²) in [5.41, 5.74) is 6.05. The minimum Gasteiger partial charge on any atom is -0.373 e. The van der Waals surface area contributed by atoms with Gasteiger partial charge in [0.15, 0.2) is 0 Å². The first-order chi connectivity index (χ1) is 9.61. The third-order valence-corrected chi connectivity index (χ3v) is 3.25. The van der Waals surface area contributed by atoms with Gasteiger partial charge in [-0.3, -0.25) is 9.59 Å². The van der Waals surface area contributed by atoms with Gasteiger partial charge in [0.2, 0.25) is 5.91 Å². The maximum atomic E-state index is 12.4. The molecule has 0 bridgehead atoms. The first kappa shape index (κ1) is 14.5. The van der Waals surface area contributed by atoms with Gasteiger partial charge in [0.05, 0.1) is 12.7 Å². The highest BCUT2D eigenvalue weighted by atomic mass is 16.5. The number of nitrogens with two attached hydrogens (primary N) is 1. The molecule has 0 saturated carbocycles. The Hall–Kier alpha value is -1.92. The van der Waals surface area contributed by atoms with Crippen LogP contribution in [0.5, 0.6) is 0 Å². The maximum Gasteiger partial charge on any atom is 0.254 e. The number of carbonyl (C=O) groups is 2. The molecule has 1 fully saturated rings. The highest BCUT2D eigenvalue weighted by molar-refractivity contribution is 5.99. The Morgan fingerprint density at radius 2 is 2.20 bits per heavy atom. The molecule has 0 aromatic heterocycles. The summed E-state index contributed by atoms with van der Waals surface area (Å²) in [5.74, 6) is -0.632. The smallest absolute Gasteiger partial charge is 0.254 e. The van der Waals surface area contributed by atoms with Crippen LogP contribution in [-0.4, -0.2) is 56.1 Å². The molecule has 1 aliphatic heterocycles. The van der Waals surface area contributed by atoms with Crippen LogP contribution in [0.25, 0.3) is 0 Å². The first-order valence-corrected chi connectivity index (χ1v) is 6.57.